The lowest BCUT2D eigenvalue weighted by atomic mass is 10.1. The maximum atomic E-state index is 12.4. The zero-order valence-electron chi connectivity index (χ0n) is 17.6. The fourth-order valence-electron chi connectivity index (χ4n) is 3.11. The Labute approximate surface area is 203 Å². The number of carbonyl (C=O) groups is 1. The number of aromatic hydroxyl groups is 1. The first-order valence-corrected chi connectivity index (χ1v) is 11.8. The van der Waals surface area contributed by atoms with E-state index in [2.05, 4.69) is 36.7 Å². The van der Waals surface area contributed by atoms with Crippen molar-refractivity contribution in [3.8, 4) is 22.8 Å². The van der Waals surface area contributed by atoms with Crippen LogP contribution in [0, 0.1) is 0 Å². The number of carbonyl (C=O) groups excluding carboxylic acids is 1. The first kappa shape index (κ1) is 22.8. The highest BCUT2D eigenvalue weighted by atomic mass is 79.9. The number of phenols is 1. The van der Waals surface area contributed by atoms with Crippen LogP contribution in [0.2, 0.25) is 0 Å². The van der Waals surface area contributed by atoms with Crippen LogP contribution in [-0.2, 0) is 4.79 Å². The molecule has 0 saturated carbocycles. The lowest BCUT2D eigenvalue weighted by Crippen LogP contribution is -2.21. The van der Waals surface area contributed by atoms with Gasteiger partial charge in [0.15, 0.2) is 11.0 Å². The van der Waals surface area contributed by atoms with Gasteiger partial charge in [0.05, 0.1) is 11.5 Å². The van der Waals surface area contributed by atoms with E-state index in [0.29, 0.717) is 22.3 Å². The summed E-state index contributed by atoms with van der Waals surface area (Å²) in [6.07, 6.45) is 0. The number of nitrogens with zero attached hydrogens (tertiary/aromatic N) is 4. The van der Waals surface area contributed by atoms with Gasteiger partial charge >= 0.3 is 0 Å². The molecule has 0 bridgehead atoms. The number of thioether (sulfide) groups is 1. The van der Waals surface area contributed by atoms with Crippen LogP contribution in [0.3, 0.4) is 0 Å². The van der Waals surface area contributed by atoms with Gasteiger partial charge in [-0.25, -0.2) is 5.43 Å². The van der Waals surface area contributed by atoms with Crippen LogP contribution in [0.15, 0.2) is 93.6 Å². The number of halogens is 1. The Balaban J connectivity index is 1.53. The number of aromatic nitrogens is 3. The summed E-state index contributed by atoms with van der Waals surface area (Å²) < 4.78 is 2.89. The normalized spacial score (nSPS) is 11.4. The number of phenolic OH excluding ortho intramolecular Hbond substituents is 1. The lowest BCUT2D eigenvalue weighted by molar-refractivity contribution is -0.118. The minimum Gasteiger partial charge on any atom is -0.507 e. The molecule has 33 heavy (non-hydrogen) atoms. The Bertz CT molecular complexity index is 1290. The molecule has 9 heteroatoms. The molecule has 166 valence electrons. The van der Waals surface area contributed by atoms with Crippen molar-refractivity contribution in [3.05, 3.63) is 88.9 Å². The Kier molecular flexibility index (Phi) is 7.21. The van der Waals surface area contributed by atoms with E-state index in [-0.39, 0.29) is 17.4 Å². The minimum absolute atomic E-state index is 0.0982. The number of hydrogen-bond acceptors (Lipinski definition) is 6. The molecule has 0 unspecified atom stereocenters. The summed E-state index contributed by atoms with van der Waals surface area (Å²) in [6.45, 7) is 1.72. The molecular formula is C24H20BrN5O2S. The Morgan fingerprint density at radius 3 is 2.45 bits per heavy atom. The number of hydrazone groups is 1. The summed E-state index contributed by atoms with van der Waals surface area (Å²) in [4.78, 5) is 12.4. The maximum absolute atomic E-state index is 12.4. The van der Waals surface area contributed by atoms with E-state index >= 15 is 0 Å². The van der Waals surface area contributed by atoms with Crippen molar-refractivity contribution >= 4 is 39.3 Å². The van der Waals surface area contributed by atoms with Crippen LogP contribution >= 0.6 is 27.7 Å². The first-order chi connectivity index (χ1) is 16.0. The minimum atomic E-state index is -0.290. The Morgan fingerprint density at radius 2 is 1.73 bits per heavy atom. The molecule has 0 aliphatic heterocycles. The molecule has 0 saturated heterocycles. The van der Waals surface area contributed by atoms with E-state index in [9.17, 15) is 9.90 Å². The zero-order valence-corrected chi connectivity index (χ0v) is 20.0. The predicted molar refractivity (Wildman–Crippen MR) is 134 cm³/mol. The second-order valence-corrected chi connectivity index (χ2v) is 8.88. The van der Waals surface area contributed by atoms with Crippen molar-refractivity contribution in [2.24, 2.45) is 5.10 Å². The molecule has 1 amide bonds. The van der Waals surface area contributed by atoms with Crippen LogP contribution in [0.25, 0.3) is 17.1 Å². The monoisotopic (exact) mass is 521 g/mol. The number of rotatable bonds is 7. The van der Waals surface area contributed by atoms with Gasteiger partial charge in [0.1, 0.15) is 5.75 Å². The van der Waals surface area contributed by atoms with Gasteiger partial charge in [0.2, 0.25) is 0 Å². The highest BCUT2D eigenvalue weighted by Crippen LogP contribution is 2.28. The van der Waals surface area contributed by atoms with Gasteiger partial charge in [-0.2, -0.15) is 5.10 Å². The summed E-state index contributed by atoms with van der Waals surface area (Å²) in [7, 11) is 0. The number of benzene rings is 3. The van der Waals surface area contributed by atoms with Crippen LogP contribution in [0.4, 0.5) is 0 Å². The average molecular weight is 522 g/mol. The maximum Gasteiger partial charge on any atom is 0.250 e. The standard InChI is InChI=1S/C24H20BrN5O2S/c1-16(20-9-5-6-10-21(20)31)26-27-22(32)15-33-24-29-28-23(17-7-3-2-4-8-17)30(24)19-13-11-18(25)12-14-19/h2-14,31H,15H2,1H3,(H,27,32)/b26-16-. The number of hydrogen-bond donors (Lipinski definition) is 2. The molecule has 0 atom stereocenters. The fourth-order valence-corrected chi connectivity index (χ4v) is 4.12. The molecule has 7 nitrogen and oxygen atoms in total. The highest BCUT2D eigenvalue weighted by molar-refractivity contribution is 9.10. The second-order valence-electron chi connectivity index (χ2n) is 7.02. The molecule has 4 rings (SSSR count). The fraction of sp³-hybridized carbons (Fsp3) is 0.0833. The van der Waals surface area contributed by atoms with Crippen molar-refractivity contribution in [2.75, 3.05) is 5.75 Å². The third-order valence-electron chi connectivity index (χ3n) is 4.72. The van der Waals surface area contributed by atoms with E-state index in [1.54, 1.807) is 31.2 Å². The number of para-hydroxylation sites is 1. The summed E-state index contributed by atoms with van der Waals surface area (Å²) in [5, 5.41) is 23.3. The zero-order chi connectivity index (χ0) is 23.2. The third kappa shape index (κ3) is 5.50. The SMILES string of the molecule is C/C(=N/NC(=O)CSc1nnc(-c2ccccc2)n1-c1ccc(Br)cc1)c1ccccc1O. The molecule has 0 radical (unpaired) electrons. The smallest absolute Gasteiger partial charge is 0.250 e. The Morgan fingerprint density at radius 1 is 1.03 bits per heavy atom. The van der Waals surface area contributed by atoms with Gasteiger partial charge in [-0.15, -0.1) is 10.2 Å². The molecule has 1 heterocycles. The van der Waals surface area contributed by atoms with Gasteiger partial charge in [0.25, 0.3) is 5.91 Å². The van der Waals surface area contributed by atoms with Crippen LogP contribution in [0.5, 0.6) is 5.75 Å². The lowest BCUT2D eigenvalue weighted by Gasteiger charge is -2.10. The van der Waals surface area contributed by atoms with E-state index in [0.717, 1.165) is 15.7 Å². The molecule has 0 spiro atoms. The Hall–Kier alpha value is -3.43. The van der Waals surface area contributed by atoms with Crippen molar-refractivity contribution in [1.29, 1.82) is 0 Å². The number of nitrogens with one attached hydrogen (secondary N) is 1. The van der Waals surface area contributed by atoms with Gasteiger partial charge in [-0.05, 0) is 43.3 Å². The van der Waals surface area contributed by atoms with E-state index in [1.807, 2.05) is 59.2 Å². The van der Waals surface area contributed by atoms with Gasteiger partial charge in [-0.1, -0.05) is 70.2 Å². The van der Waals surface area contributed by atoms with Crippen LogP contribution in [0.1, 0.15) is 12.5 Å². The summed E-state index contributed by atoms with van der Waals surface area (Å²) in [6, 6.07) is 24.4. The van der Waals surface area contributed by atoms with Gasteiger partial charge in [0, 0.05) is 21.3 Å². The van der Waals surface area contributed by atoms with Crippen molar-refractivity contribution < 1.29 is 9.90 Å². The van der Waals surface area contributed by atoms with Crippen molar-refractivity contribution in [3.63, 3.8) is 0 Å². The third-order valence-corrected chi connectivity index (χ3v) is 6.18. The first-order valence-electron chi connectivity index (χ1n) is 10.0. The van der Waals surface area contributed by atoms with Crippen molar-refractivity contribution in [1.82, 2.24) is 20.2 Å². The van der Waals surface area contributed by atoms with Crippen molar-refractivity contribution in [2.45, 2.75) is 12.1 Å². The summed E-state index contributed by atoms with van der Waals surface area (Å²) >= 11 is 4.73. The molecule has 1 aromatic heterocycles. The molecule has 3 aromatic carbocycles. The number of amides is 1. The van der Waals surface area contributed by atoms with E-state index in [1.165, 1.54) is 11.8 Å². The molecule has 0 aliphatic carbocycles. The molecular weight excluding hydrogens is 502 g/mol. The average Bonchev–Trinajstić information content (AvgIpc) is 3.26. The van der Waals surface area contributed by atoms with E-state index < -0.39 is 0 Å². The quantitative estimate of drug-likeness (QED) is 0.202. The molecule has 0 aliphatic rings. The van der Waals surface area contributed by atoms with Gasteiger partial charge in [-0.3, -0.25) is 9.36 Å². The summed E-state index contributed by atoms with van der Waals surface area (Å²) in [5.74, 6) is 0.607. The topological polar surface area (TPSA) is 92.4 Å². The molecule has 4 aromatic rings. The summed E-state index contributed by atoms with van der Waals surface area (Å²) in [5.41, 5.74) is 5.42. The van der Waals surface area contributed by atoms with Gasteiger partial charge < -0.3 is 5.11 Å². The highest BCUT2D eigenvalue weighted by Gasteiger charge is 2.17. The second kappa shape index (κ2) is 10.5. The molecule has 2 N–H and O–H groups in total. The predicted octanol–water partition coefficient (Wildman–Crippen LogP) is 5.03. The van der Waals surface area contributed by atoms with Crippen LogP contribution < -0.4 is 5.43 Å². The molecule has 0 fully saturated rings. The largest absolute Gasteiger partial charge is 0.507 e. The van der Waals surface area contributed by atoms with Crippen LogP contribution in [-0.4, -0.2) is 37.2 Å². The van der Waals surface area contributed by atoms with E-state index in [4.69, 9.17) is 0 Å².